The molecule has 0 amide bonds. The maximum absolute atomic E-state index is 10.8. The largest absolute Gasteiger partial charge is 0.427 e. The van der Waals surface area contributed by atoms with Gasteiger partial charge in [-0.05, 0) is 19.4 Å². The normalized spacial score (nSPS) is 15.2. The van der Waals surface area contributed by atoms with E-state index in [0.717, 1.165) is 24.2 Å². The zero-order chi connectivity index (χ0) is 8.55. The number of aryl methyl sites for hydroxylation is 1. The fourth-order valence-corrected chi connectivity index (χ4v) is 1.44. The molecule has 1 aliphatic carbocycles. The van der Waals surface area contributed by atoms with Gasteiger partial charge in [0.2, 0.25) is 0 Å². The van der Waals surface area contributed by atoms with Crippen molar-refractivity contribution in [3.63, 3.8) is 0 Å². The van der Waals surface area contributed by atoms with Gasteiger partial charge in [0.05, 0.1) is 0 Å². The topological polar surface area (TPSA) is 30.2 Å². The van der Waals surface area contributed by atoms with Gasteiger partial charge in [-0.3, -0.25) is 0 Å². The van der Waals surface area contributed by atoms with E-state index in [0.29, 0.717) is 0 Å². The van der Waals surface area contributed by atoms with Crippen LogP contribution in [0.25, 0.3) is 6.08 Å². The molecule has 0 spiro atoms. The minimum absolute atomic E-state index is 0.248. The molecule has 2 heteroatoms. The van der Waals surface area contributed by atoms with Gasteiger partial charge in [0.25, 0.3) is 0 Å². The zero-order valence-corrected chi connectivity index (χ0v) is 6.96. The van der Waals surface area contributed by atoms with Gasteiger partial charge in [-0.1, -0.05) is 11.6 Å². The summed E-state index contributed by atoms with van der Waals surface area (Å²) < 4.78 is 5.05. The van der Waals surface area contributed by atoms with Crippen molar-refractivity contribution in [2.45, 2.75) is 19.8 Å². The van der Waals surface area contributed by atoms with Crippen LogP contribution in [-0.2, 0) is 6.42 Å². The Balaban J connectivity index is 2.58. The highest BCUT2D eigenvalue weighted by Crippen LogP contribution is 2.21. The van der Waals surface area contributed by atoms with E-state index in [1.165, 1.54) is 11.6 Å². The minimum Gasteiger partial charge on any atom is -0.427 e. The Hall–Kier alpha value is -1.31. The number of hydrogen-bond donors (Lipinski definition) is 0. The van der Waals surface area contributed by atoms with Gasteiger partial charge in [0.15, 0.2) is 0 Å². The Morgan fingerprint density at radius 3 is 3.00 bits per heavy atom. The zero-order valence-electron chi connectivity index (χ0n) is 6.96. The van der Waals surface area contributed by atoms with E-state index in [4.69, 9.17) is 4.42 Å². The highest BCUT2D eigenvalue weighted by molar-refractivity contribution is 5.56. The van der Waals surface area contributed by atoms with Crippen molar-refractivity contribution in [3.8, 4) is 0 Å². The van der Waals surface area contributed by atoms with Crippen molar-refractivity contribution < 1.29 is 4.42 Å². The number of fused-ring (bicyclic) bond motifs is 1. The van der Waals surface area contributed by atoms with Gasteiger partial charge >= 0.3 is 5.63 Å². The van der Waals surface area contributed by atoms with Crippen molar-refractivity contribution in [1.29, 1.82) is 0 Å². The Bertz CT molecular complexity index is 385. The summed E-state index contributed by atoms with van der Waals surface area (Å²) in [6.45, 7) is 2.09. The van der Waals surface area contributed by atoms with Gasteiger partial charge in [-0.25, -0.2) is 4.79 Å². The van der Waals surface area contributed by atoms with Crippen molar-refractivity contribution in [3.05, 3.63) is 39.4 Å². The van der Waals surface area contributed by atoms with Gasteiger partial charge in [0, 0.05) is 18.1 Å². The Morgan fingerprint density at radius 1 is 1.33 bits per heavy atom. The third-order valence-electron chi connectivity index (χ3n) is 2.09. The first-order valence-electron chi connectivity index (χ1n) is 4.06. The van der Waals surface area contributed by atoms with E-state index in [1.807, 2.05) is 6.07 Å². The van der Waals surface area contributed by atoms with E-state index in [1.54, 1.807) is 0 Å². The van der Waals surface area contributed by atoms with E-state index in [9.17, 15) is 4.79 Å². The molecule has 1 aromatic heterocycles. The van der Waals surface area contributed by atoms with Crippen LogP contribution in [0.5, 0.6) is 0 Å². The molecule has 12 heavy (non-hydrogen) atoms. The van der Waals surface area contributed by atoms with Gasteiger partial charge < -0.3 is 4.42 Å². The molecular weight excluding hydrogens is 152 g/mol. The average molecular weight is 162 g/mol. The van der Waals surface area contributed by atoms with Crippen molar-refractivity contribution in [2.24, 2.45) is 0 Å². The fraction of sp³-hybridized carbons (Fsp3) is 0.300. The molecule has 0 saturated carbocycles. The highest BCUT2D eigenvalue weighted by Gasteiger charge is 2.09. The van der Waals surface area contributed by atoms with E-state index in [2.05, 4.69) is 13.0 Å². The summed E-state index contributed by atoms with van der Waals surface area (Å²) >= 11 is 0. The maximum atomic E-state index is 10.8. The molecule has 2 nitrogen and oxygen atoms in total. The summed E-state index contributed by atoms with van der Waals surface area (Å²) in [7, 11) is 0. The van der Waals surface area contributed by atoms with Crippen LogP contribution in [0.3, 0.4) is 0 Å². The summed E-state index contributed by atoms with van der Waals surface area (Å²) in [5.41, 5.74) is 2.15. The lowest BCUT2D eigenvalue weighted by molar-refractivity contribution is 0.454. The summed E-state index contributed by atoms with van der Waals surface area (Å²) in [4.78, 5) is 10.8. The molecule has 0 N–H and O–H groups in total. The Labute approximate surface area is 70.5 Å². The van der Waals surface area contributed by atoms with Crippen LogP contribution in [0, 0.1) is 0 Å². The summed E-state index contributed by atoms with van der Waals surface area (Å²) in [5.74, 6) is 0.827. The molecule has 0 fully saturated rings. The number of allylic oxidation sites excluding steroid dienone is 1. The molecule has 0 radical (unpaired) electrons. The molecule has 0 bridgehead atoms. The molecule has 0 aliphatic heterocycles. The summed E-state index contributed by atoms with van der Waals surface area (Å²) in [5, 5.41) is 0. The van der Waals surface area contributed by atoms with Crippen molar-refractivity contribution >= 4 is 6.08 Å². The smallest absolute Gasteiger partial charge is 0.335 e. The summed E-state index contributed by atoms with van der Waals surface area (Å²) in [6, 6.07) is 3.29. The van der Waals surface area contributed by atoms with E-state index < -0.39 is 0 Å². The third kappa shape index (κ3) is 1.20. The van der Waals surface area contributed by atoms with Crippen LogP contribution >= 0.6 is 0 Å². The fourth-order valence-electron chi connectivity index (χ4n) is 1.44. The van der Waals surface area contributed by atoms with Crippen LogP contribution in [0.2, 0.25) is 0 Å². The second-order valence-electron chi connectivity index (χ2n) is 3.12. The lowest BCUT2D eigenvalue weighted by Crippen LogP contribution is -2.04. The predicted molar refractivity (Wildman–Crippen MR) is 47.0 cm³/mol. The standard InChI is InChI=1S/C10H10O2/c1-7-2-4-9-8(6-7)3-5-10(11)12-9/h3,5-6H,2,4H2,1H3. The SMILES string of the molecule is CC1=Cc2ccc(=O)oc2CC1. The molecule has 1 heterocycles. The summed E-state index contributed by atoms with van der Waals surface area (Å²) in [6.07, 6.45) is 3.93. The number of hydrogen-bond acceptors (Lipinski definition) is 2. The van der Waals surface area contributed by atoms with Crippen molar-refractivity contribution in [2.75, 3.05) is 0 Å². The van der Waals surface area contributed by atoms with E-state index >= 15 is 0 Å². The van der Waals surface area contributed by atoms with Crippen LogP contribution in [0.15, 0.2) is 26.9 Å². The van der Waals surface area contributed by atoms with Crippen LogP contribution in [0.1, 0.15) is 24.7 Å². The minimum atomic E-state index is -0.248. The van der Waals surface area contributed by atoms with Crippen molar-refractivity contribution in [1.82, 2.24) is 0 Å². The first-order valence-corrected chi connectivity index (χ1v) is 4.06. The first-order chi connectivity index (χ1) is 5.75. The molecule has 62 valence electrons. The van der Waals surface area contributed by atoms with Crippen LogP contribution in [0.4, 0.5) is 0 Å². The number of rotatable bonds is 0. The molecule has 0 atom stereocenters. The highest BCUT2D eigenvalue weighted by atomic mass is 16.4. The maximum Gasteiger partial charge on any atom is 0.335 e. The lowest BCUT2D eigenvalue weighted by Gasteiger charge is -2.10. The molecular formula is C10H10O2. The first kappa shape index (κ1) is 7.35. The second kappa shape index (κ2) is 2.63. The average Bonchev–Trinajstić information content (AvgIpc) is 2.05. The van der Waals surface area contributed by atoms with Gasteiger partial charge in [-0.15, -0.1) is 0 Å². The Kier molecular flexibility index (Phi) is 1.61. The predicted octanol–water partition coefficient (Wildman–Crippen LogP) is 1.99. The van der Waals surface area contributed by atoms with Gasteiger partial charge in [0.1, 0.15) is 5.76 Å². The molecule has 0 saturated heterocycles. The molecule has 2 rings (SSSR count). The van der Waals surface area contributed by atoms with Gasteiger partial charge in [-0.2, -0.15) is 0 Å². The molecule has 1 aromatic rings. The van der Waals surface area contributed by atoms with Crippen LogP contribution in [-0.4, -0.2) is 0 Å². The molecule has 1 aliphatic rings. The van der Waals surface area contributed by atoms with Crippen LogP contribution < -0.4 is 5.63 Å². The second-order valence-corrected chi connectivity index (χ2v) is 3.12. The molecule has 0 unspecified atom stereocenters. The quantitative estimate of drug-likeness (QED) is 0.584. The van der Waals surface area contributed by atoms with E-state index in [-0.39, 0.29) is 5.63 Å². The monoisotopic (exact) mass is 162 g/mol. The Morgan fingerprint density at radius 2 is 2.17 bits per heavy atom. The third-order valence-corrected chi connectivity index (χ3v) is 2.09. The lowest BCUT2D eigenvalue weighted by atomic mass is 9.99. The molecule has 0 aromatic carbocycles.